The molecule has 0 atom stereocenters. The molecule has 0 aliphatic carbocycles. The van der Waals surface area contributed by atoms with Crippen LogP contribution >= 0.6 is 51.7 Å². The van der Waals surface area contributed by atoms with Crippen molar-refractivity contribution in [1.82, 2.24) is 15.5 Å². The molecular weight excluding hydrogens is 368 g/mol. The SMILES string of the molecule is O=C(NC(=S)Nc1n[nH]c(=S)s1)c1ccccc1Br. The molecule has 19 heavy (non-hydrogen) atoms. The Bertz CT molecular complexity index is 681. The maximum atomic E-state index is 12.0. The van der Waals surface area contributed by atoms with E-state index in [2.05, 4.69) is 36.8 Å². The summed E-state index contributed by atoms with van der Waals surface area (Å²) < 4.78 is 1.23. The Morgan fingerprint density at radius 1 is 1.42 bits per heavy atom. The number of halogens is 1. The molecule has 3 N–H and O–H groups in total. The lowest BCUT2D eigenvalue weighted by Gasteiger charge is -2.07. The molecule has 1 heterocycles. The van der Waals surface area contributed by atoms with Gasteiger partial charge in [0.2, 0.25) is 5.13 Å². The quantitative estimate of drug-likeness (QED) is 0.704. The topological polar surface area (TPSA) is 69.8 Å². The Morgan fingerprint density at radius 2 is 2.16 bits per heavy atom. The van der Waals surface area contributed by atoms with Crippen LogP contribution in [-0.2, 0) is 0 Å². The van der Waals surface area contributed by atoms with Gasteiger partial charge < -0.3 is 5.32 Å². The van der Waals surface area contributed by atoms with Crippen LogP contribution in [0.4, 0.5) is 5.13 Å². The summed E-state index contributed by atoms with van der Waals surface area (Å²) in [6, 6.07) is 7.08. The molecule has 1 aromatic carbocycles. The van der Waals surface area contributed by atoms with Gasteiger partial charge in [-0.05, 0) is 52.5 Å². The number of amides is 1. The molecule has 0 fully saturated rings. The molecule has 0 spiro atoms. The first-order valence-corrected chi connectivity index (χ1v) is 7.41. The van der Waals surface area contributed by atoms with Gasteiger partial charge in [-0.1, -0.05) is 23.5 Å². The predicted molar refractivity (Wildman–Crippen MR) is 85.1 cm³/mol. The lowest BCUT2D eigenvalue weighted by molar-refractivity contribution is 0.0977. The molecule has 0 unspecified atom stereocenters. The molecule has 0 aliphatic heterocycles. The monoisotopic (exact) mass is 374 g/mol. The van der Waals surface area contributed by atoms with Crippen molar-refractivity contribution in [3.8, 4) is 0 Å². The summed E-state index contributed by atoms with van der Waals surface area (Å²) in [6.07, 6.45) is 0. The van der Waals surface area contributed by atoms with Crippen molar-refractivity contribution in [2.75, 3.05) is 5.32 Å². The van der Waals surface area contributed by atoms with Gasteiger partial charge in [0.1, 0.15) is 0 Å². The number of anilines is 1. The number of nitrogens with one attached hydrogen (secondary N) is 3. The van der Waals surface area contributed by atoms with Gasteiger partial charge in [-0.25, -0.2) is 0 Å². The molecule has 0 saturated heterocycles. The third-order valence-corrected chi connectivity index (χ3v) is 3.90. The van der Waals surface area contributed by atoms with Crippen molar-refractivity contribution in [1.29, 1.82) is 0 Å². The molecule has 5 nitrogen and oxygen atoms in total. The van der Waals surface area contributed by atoms with Crippen molar-refractivity contribution in [3.63, 3.8) is 0 Å². The second-order valence-electron chi connectivity index (χ2n) is 3.31. The van der Waals surface area contributed by atoms with Crippen LogP contribution in [0.15, 0.2) is 28.7 Å². The van der Waals surface area contributed by atoms with Crippen molar-refractivity contribution < 1.29 is 4.79 Å². The lowest BCUT2D eigenvalue weighted by atomic mass is 10.2. The Labute approximate surface area is 131 Å². The standard InChI is InChI=1S/C10H7BrN4OS3/c11-6-4-2-1-3-5(6)7(16)12-8(17)13-9-14-15-10(18)19-9/h1-4H,(H,15,18)(H2,12,13,14,16,17). The summed E-state index contributed by atoms with van der Waals surface area (Å²) in [4.78, 5) is 12.0. The number of aromatic amines is 1. The zero-order valence-corrected chi connectivity index (χ0v) is 13.3. The Morgan fingerprint density at radius 3 is 2.79 bits per heavy atom. The summed E-state index contributed by atoms with van der Waals surface area (Å²) in [5, 5.41) is 12.5. The summed E-state index contributed by atoms with van der Waals surface area (Å²) >= 11 is 14.5. The van der Waals surface area contributed by atoms with Gasteiger partial charge in [0.25, 0.3) is 5.91 Å². The number of aromatic nitrogens is 2. The maximum Gasteiger partial charge on any atom is 0.258 e. The average molecular weight is 375 g/mol. The fourth-order valence-corrected chi connectivity index (χ4v) is 2.74. The van der Waals surface area contributed by atoms with Crippen LogP contribution in [0.25, 0.3) is 0 Å². The Hall–Kier alpha value is -1.16. The van der Waals surface area contributed by atoms with Crippen molar-refractivity contribution in [2.45, 2.75) is 0 Å². The number of H-pyrrole nitrogens is 1. The molecule has 98 valence electrons. The van der Waals surface area contributed by atoms with Crippen LogP contribution in [-0.4, -0.2) is 21.2 Å². The zero-order chi connectivity index (χ0) is 13.8. The number of thiocarbonyl (C=S) groups is 1. The van der Waals surface area contributed by atoms with Crippen molar-refractivity contribution >= 4 is 67.9 Å². The molecule has 1 amide bonds. The number of rotatable bonds is 2. The summed E-state index contributed by atoms with van der Waals surface area (Å²) in [5.74, 6) is -0.302. The molecule has 9 heteroatoms. The molecule has 0 aliphatic rings. The maximum absolute atomic E-state index is 12.0. The molecular formula is C10H7BrN4OS3. The number of nitrogens with zero attached hydrogens (tertiary/aromatic N) is 1. The second kappa shape index (κ2) is 6.33. The first-order chi connectivity index (χ1) is 9.06. The molecule has 2 aromatic rings. The van der Waals surface area contributed by atoms with Gasteiger partial charge in [-0.2, -0.15) is 0 Å². The van der Waals surface area contributed by atoms with E-state index in [0.717, 1.165) is 0 Å². The van der Waals surface area contributed by atoms with Crippen molar-refractivity contribution in [2.24, 2.45) is 0 Å². The molecule has 1 aromatic heterocycles. The van der Waals surface area contributed by atoms with Gasteiger partial charge in [0.05, 0.1) is 5.56 Å². The van der Waals surface area contributed by atoms with Crippen LogP contribution in [0.2, 0.25) is 0 Å². The van der Waals surface area contributed by atoms with Crippen LogP contribution in [0.5, 0.6) is 0 Å². The molecule has 0 radical (unpaired) electrons. The predicted octanol–water partition coefficient (Wildman–Crippen LogP) is 3.09. The third-order valence-electron chi connectivity index (χ3n) is 2.00. The van der Waals surface area contributed by atoms with E-state index in [4.69, 9.17) is 24.4 Å². The van der Waals surface area contributed by atoms with E-state index in [1.807, 2.05) is 6.07 Å². The molecule has 0 saturated carbocycles. The first kappa shape index (κ1) is 14.3. The number of hydrogen-bond acceptors (Lipinski definition) is 5. The number of carbonyl (C=O) groups is 1. The summed E-state index contributed by atoms with van der Waals surface area (Å²) in [5.41, 5.74) is 0.501. The summed E-state index contributed by atoms with van der Waals surface area (Å²) in [6.45, 7) is 0. The van der Waals surface area contributed by atoms with Gasteiger partial charge in [-0.15, -0.1) is 5.10 Å². The second-order valence-corrected chi connectivity index (χ2v) is 6.23. The number of benzene rings is 1. The highest BCUT2D eigenvalue weighted by Crippen LogP contribution is 2.15. The highest BCUT2D eigenvalue weighted by molar-refractivity contribution is 9.10. The van der Waals surface area contributed by atoms with E-state index in [1.54, 1.807) is 18.2 Å². The van der Waals surface area contributed by atoms with Crippen LogP contribution in [0.3, 0.4) is 0 Å². The van der Waals surface area contributed by atoms with Gasteiger partial charge in [0, 0.05) is 4.47 Å². The van der Waals surface area contributed by atoms with E-state index >= 15 is 0 Å². The fraction of sp³-hybridized carbons (Fsp3) is 0. The third kappa shape index (κ3) is 3.90. The highest BCUT2D eigenvalue weighted by atomic mass is 79.9. The fourth-order valence-electron chi connectivity index (χ4n) is 1.23. The molecule has 2 rings (SSSR count). The van der Waals surface area contributed by atoms with Crippen LogP contribution in [0, 0.1) is 3.95 Å². The normalized spacial score (nSPS) is 9.95. The number of hydrogen-bond donors (Lipinski definition) is 3. The molecule has 0 bridgehead atoms. The Kier molecular flexibility index (Phi) is 4.75. The van der Waals surface area contributed by atoms with Crippen LogP contribution in [0.1, 0.15) is 10.4 Å². The minimum Gasteiger partial charge on any atom is -0.307 e. The van der Waals surface area contributed by atoms with Gasteiger partial charge >= 0.3 is 0 Å². The van der Waals surface area contributed by atoms with Crippen molar-refractivity contribution in [3.05, 3.63) is 38.3 Å². The van der Waals surface area contributed by atoms with E-state index in [1.165, 1.54) is 11.3 Å². The lowest BCUT2D eigenvalue weighted by Crippen LogP contribution is -2.34. The highest BCUT2D eigenvalue weighted by Gasteiger charge is 2.11. The van der Waals surface area contributed by atoms with E-state index in [-0.39, 0.29) is 11.0 Å². The van der Waals surface area contributed by atoms with Gasteiger partial charge in [-0.3, -0.25) is 15.2 Å². The van der Waals surface area contributed by atoms with E-state index in [9.17, 15) is 4.79 Å². The van der Waals surface area contributed by atoms with E-state index in [0.29, 0.717) is 19.1 Å². The zero-order valence-electron chi connectivity index (χ0n) is 9.27. The Balaban J connectivity index is 2.01. The van der Waals surface area contributed by atoms with Gasteiger partial charge in [0.15, 0.2) is 9.07 Å². The largest absolute Gasteiger partial charge is 0.307 e. The average Bonchev–Trinajstić information content (AvgIpc) is 2.74. The van der Waals surface area contributed by atoms with E-state index < -0.39 is 0 Å². The van der Waals surface area contributed by atoms with Crippen LogP contribution < -0.4 is 10.6 Å². The minimum atomic E-state index is -0.302. The summed E-state index contributed by atoms with van der Waals surface area (Å²) in [7, 11) is 0. The smallest absolute Gasteiger partial charge is 0.258 e. The first-order valence-electron chi connectivity index (χ1n) is 4.98. The minimum absolute atomic E-state index is 0.165. The number of carbonyl (C=O) groups excluding carboxylic acids is 1.